The SMILES string of the molecule is Cc1nc2cc(OCC(O)CN3CCN(Cc4nnc(-c5ccc6ccccc6c5)o4)C[C@@H]3C)ccc2s1. The van der Waals surface area contributed by atoms with Crippen molar-refractivity contribution in [1.29, 1.82) is 0 Å². The largest absolute Gasteiger partial charge is 0.491 e. The molecule has 0 spiro atoms. The van der Waals surface area contributed by atoms with Gasteiger partial charge in [0, 0.05) is 43.9 Å². The minimum atomic E-state index is -0.572. The van der Waals surface area contributed by atoms with Gasteiger partial charge in [-0.2, -0.15) is 0 Å². The number of β-amino-alcohol motifs (C(OH)–C–C–N with tert-alkyl or cyclic N) is 1. The van der Waals surface area contributed by atoms with Gasteiger partial charge in [-0.1, -0.05) is 30.3 Å². The number of nitrogens with zero attached hydrogens (tertiary/aromatic N) is 5. The number of benzene rings is 3. The van der Waals surface area contributed by atoms with Crippen LogP contribution in [0.25, 0.3) is 32.4 Å². The molecule has 2 aromatic heterocycles. The smallest absolute Gasteiger partial charge is 0.247 e. The summed E-state index contributed by atoms with van der Waals surface area (Å²) in [5, 5.41) is 22.6. The second kappa shape index (κ2) is 10.8. The summed E-state index contributed by atoms with van der Waals surface area (Å²) in [6.07, 6.45) is -0.572. The van der Waals surface area contributed by atoms with Gasteiger partial charge in [0.25, 0.3) is 0 Å². The number of fused-ring (bicyclic) bond motifs is 2. The summed E-state index contributed by atoms with van der Waals surface area (Å²) >= 11 is 1.67. The Kier molecular flexibility index (Phi) is 7.08. The number of thiazole rings is 1. The molecular formula is C29H31N5O3S. The maximum atomic E-state index is 10.6. The zero-order chi connectivity index (χ0) is 26.1. The van der Waals surface area contributed by atoms with E-state index in [4.69, 9.17) is 9.15 Å². The Hall–Kier alpha value is -3.37. The standard InChI is InChI=1S/C29H31N5O3S/c1-19-15-33(17-28-31-32-29(37-28)23-8-7-21-5-3-4-6-22(21)13-23)11-12-34(19)16-24(35)18-36-25-9-10-27-26(14-25)30-20(2)38-27/h3-10,13-14,19,24,35H,11-12,15-18H2,1-2H3/t19-,24?/m0/s1. The highest BCUT2D eigenvalue weighted by atomic mass is 32.1. The van der Waals surface area contributed by atoms with E-state index in [9.17, 15) is 5.11 Å². The maximum Gasteiger partial charge on any atom is 0.247 e. The third-order valence-corrected chi connectivity index (χ3v) is 7.98. The van der Waals surface area contributed by atoms with Gasteiger partial charge in [0.15, 0.2) is 0 Å². The molecule has 9 heteroatoms. The lowest BCUT2D eigenvalue weighted by Crippen LogP contribution is -2.53. The molecule has 2 atom stereocenters. The summed E-state index contributed by atoms with van der Waals surface area (Å²) in [7, 11) is 0. The van der Waals surface area contributed by atoms with Crippen LogP contribution in [-0.2, 0) is 6.54 Å². The van der Waals surface area contributed by atoms with E-state index >= 15 is 0 Å². The Bertz CT molecular complexity index is 1550. The second-order valence-electron chi connectivity index (χ2n) is 9.97. The average Bonchev–Trinajstić information content (AvgIpc) is 3.54. The summed E-state index contributed by atoms with van der Waals surface area (Å²) in [6, 6.07) is 20.6. The Balaban J connectivity index is 0.994. The summed E-state index contributed by atoms with van der Waals surface area (Å²) in [5.41, 5.74) is 1.87. The van der Waals surface area contributed by atoms with Gasteiger partial charge in [0.05, 0.1) is 21.8 Å². The Morgan fingerprint density at radius 3 is 2.82 bits per heavy atom. The molecule has 1 aliphatic heterocycles. The fourth-order valence-electron chi connectivity index (χ4n) is 5.06. The zero-order valence-electron chi connectivity index (χ0n) is 21.6. The number of aromatic nitrogens is 3. The maximum absolute atomic E-state index is 10.6. The van der Waals surface area contributed by atoms with Crippen LogP contribution in [-0.4, -0.2) is 75.0 Å². The molecule has 0 bridgehead atoms. The third-order valence-electron chi connectivity index (χ3n) is 7.02. The number of ether oxygens (including phenoxy) is 1. The van der Waals surface area contributed by atoms with E-state index in [0.717, 1.165) is 51.6 Å². The second-order valence-corrected chi connectivity index (χ2v) is 11.2. The molecule has 3 aromatic carbocycles. The molecule has 0 radical (unpaired) electrons. The summed E-state index contributed by atoms with van der Waals surface area (Å²) < 4.78 is 13.0. The summed E-state index contributed by atoms with van der Waals surface area (Å²) in [5.74, 6) is 1.90. The first-order valence-electron chi connectivity index (χ1n) is 13.0. The molecule has 3 heterocycles. The van der Waals surface area contributed by atoms with E-state index in [-0.39, 0.29) is 12.6 Å². The van der Waals surface area contributed by atoms with Crippen LogP contribution in [0.3, 0.4) is 0 Å². The molecular weight excluding hydrogens is 498 g/mol. The quantitative estimate of drug-likeness (QED) is 0.308. The van der Waals surface area contributed by atoms with E-state index in [2.05, 4.69) is 56.2 Å². The topological polar surface area (TPSA) is 87.8 Å². The van der Waals surface area contributed by atoms with Crippen molar-refractivity contribution in [2.75, 3.05) is 32.8 Å². The van der Waals surface area contributed by atoms with Crippen LogP contribution < -0.4 is 4.74 Å². The average molecular weight is 530 g/mol. The van der Waals surface area contributed by atoms with Crippen molar-refractivity contribution in [3.63, 3.8) is 0 Å². The van der Waals surface area contributed by atoms with Crippen LogP contribution in [0.2, 0.25) is 0 Å². The molecule has 1 saturated heterocycles. The highest BCUT2D eigenvalue weighted by Crippen LogP contribution is 2.26. The van der Waals surface area contributed by atoms with Gasteiger partial charge in [-0.3, -0.25) is 9.80 Å². The van der Waals surface area contributed by atoms with E-state index in [1.165, 1.54) is 5.39 Å². The van der Waals surface area contributed by atoms with E-state index in [1.54, 1.807) is 11.3 Å². The van der Waals surface area contributed by atoms with Gasteiger partial charge >= 0.3 is 0 Å². The minimum absolute atomic E-state index is 0.251. The van der Waals surface area contributed by atoms with Gasteiger partial charge < -0.3 is 14.3 Å². The van der Waals surface area contributed by atoms with Crippen molar-refractivity contribution >= 4 is 32.3 Å². The molecule has 6 rings (SSSR count). The molecule has 1 N–H and O–H groups in total. The Morgan fingerprint density at radius 1 is 1.08 bits per heavy atom. The Morgan fingerprint density at radius 2 is 1.95 bits per heavy atom. The summed E-state index contributed by atoms with van der Waals surface area (Å²) in [4.78, 5) is 9.15. The molecule has 38 heavy (non-hydrogen) atoms. The van der Waals surface area contributed by atoms with Gasteiger partial charge in [0.1, 0.15) is 18.5 Å². The van der Waals surface area contributed by atoms with E-state index in [0.29, 0.717) is 24.9 Å². The highest BCUT2D eigenvalue weighted by Gasteiger charge is 2.26. The fourth-order valence-corrected chi connectivity index (χ4v) is 5.87. The van der Waals surface area contributed by atoms with Crippen LogP contribution in [0.15, 0.2) is 65.1 Å². The van der Waals surface area contributed by atoms with Crippen molar-refractivity contribution in [1.82, 2.24) is 25.0 Å². The van der Waals surface area contributed by atoms with Crippen LogP contribution in [0.1, 0.15) is 17.8 Å². The lowest BCUT2D eigenvalue weighted by atomic mass is 10.1. The van der Waals surface area contributed by atoms with E-state index < -0.39 is 6.10 Å². The molecule has 8 nitrogen and oxygen atoms in total. The molecule has 0 amide bonds. The van der Waals surface area contributed by atoms with Crippen molar-refractivity contribution in [2.45, 2.75) is 32.5 Å². The van der Waals surface area contributed by atoms with Crippen LogP contribution in [0, 0.1) is 6.92 Å². The number of hydrogen-bond donors (Lipinski definition) is 1. The predicted octanol–water partition coefficient (Wildman–Crippen LogP) is 4.75. The minimum Gasteiger partial charge on any atom is -0.491 e. The van der Waals surface area contributed by atoms with Crippen molar-refractivity contribution in [3.8, 4) is 17.2 Å². The summed E-state index contributed by atoms with van der Waals surface area (Å²) in [6.45, 7) is 8.21. The van der Waals surface area contributed by atoms with Crippen LogP contribution in [0.4, 0.5) is 0 Å². The van der Waals surface area contributed by atoms with Gasteiger partial charge in [-0.15, -0.1) is 21.5 Å². The molecule has 196 valence electrons. The van der Waals surface area contributed by atoms with Crippen LogP contribution in [0.5, 0.6) is 5.75 Å². The van der Waals surface area contributed by atoms with E-state index in [1.807, 2.05) is 43.3 Å². The molecule has 1 unspecified atom stereocenters. The first-order chi connectivity index (χ1) is 18.5. The zero-order valence-corrected chi connectivity index (χ0v) is 22.4. The fraction of sp³-hybridized carbons (Fsp3) is 0.345. The normalized spacial score (nSPS) is 17.8. The monoisotopic (exact) mass is 529 g/mol. The molecule has 5 aromatic rings. The van der Waals surface area contributed by atoms with Crippen LogP contribution >= 0.6 is 11.3 Å². The first kappa shape index (κ1) is 24.9. The van der Waals surface area contributed by atoms with Crippen molar-refractivity contribution < 1.29 is 14.3 Å². The number of hydrogen-bond acceptors (Lipinski definition) is 9. The first-order valence-corrected chi connectivity index (χ1v) is 13.8. The third kappa shape index (κ3) is 5.56. The Labute approximate surface area is 225 Å². The van der Waals surface area contributed by atoms with Gasteiger partial charge in [-0.25, -0.2) is 4.98 Å². The molecule has 0 aliphatic carbocycles. The van der Waals surface area contributed by atoms with Crippen molar-refractivity contribution in [2.24, 2.45) is 0 Å². The number of piperazine rings is 1. The van der Waals surface area contributed by atoms with Crippen molar-refractivity contribution in [3.05, 3.63) is 71.6 Å². The number of aliphatic hydroxyl groups excluding tert-OH is 1. The lowest BCUT2D eigenvalue weighted by molar-refractivity contribution is 0.0178. The number of aliphatic hydroxyl groups is 1. The highest BCUT2D eigenvalue weighted by molar-refractivity contribution is 7.18. The predicted molar refractivity (Wildman–Crippen MR) is 149 cm³/mol. The lowest BCUT2D eigenvalue weighted by Gasteiger charge is -2.40. The molecule has 0 saturated carbocycles. The number of rotatable bonds is 8. The molecule has 1 fully saturated rings. The van der Waals surface area contributed by atoms with Gasteiger partial charge in [-0.05, 0) is 48.9 Å². The number of aryl methyl sites for hydroxylation is 1. The van der Waals surface area contributed by atoms with Gasteiger partial charge in [0.2, 0.25) is 11.8 Å². The molecule has 1 aliphatic rings.